The highest BCUT2D eigenvalue weighted by Crippen LogP contribution is 2.23. The van der Waals surface area contributed by atoms with E-state index in [4.69, 9.17) is 0 Å². The number of benzene rings is 1. The van der Waals surface area contributed by atoms with E-state index < -0.39 is 0 Å². The molecule has 0 amide bonds. The molecule has 1 aromatic rings. The van der Waals surface area contributed by atoms with Gasteiger partial charge in [0.05, 0.1) is 0 Å². The van der Waals surface area contributed by atoms with Crippen molar-refractivity contribution in [3.8, 4) is 0 Å². The van der Waals surface area contributed by atoms with E-state index in [0.717, 1.165) is 26.1 Å². The Hall–Kier alpha value is -0.860. The predicted molar refractivity (Wildman–Crippen MR) is 86.9 cm³/mol. The van der Waals surface area contributed by atoms with Gasteiger partial charge in [0.1, 0.15) is 0 Å². The van der Waals surface area contributed by atoms with Gasteiger partial charge in [-0.05, 0) is 37.3 Å². The molecule has 0 aromatic heterocycles. The Morgan fingerprint density at radius 2 is 1.80 bits per heavy atom. The minimum Gasteiger partial charge on any atom is -0.311 e. The molecule has 0 radical (unpaired) electrons. The standard InChI is InChI=1S/C18H30N2/c1-6-15-7-9-16(10-8-15)11-20-12-17(14(2)3)19-13-18(20,4)5/h7-10,14,17,19H,6,11-13H2,1-5H3. The van der Waals surface area contributed by atoms with Crippen LogP contribution in [0.25, 0.3) is 0 Å². The van der Waals surface area contributed by atoms with Gasteiger partial charge in [-0.25, -0.2) is 0 Å². The minimum absolute atomic E-state index is 0.231. The molecule has 1 aliphatic heterocycles. The third kappa shape index (κ3) is 3.62. The molecule has 1 aromatic carbocycles. The van der Waals surface area contributed by atoms with Gasteiger partial charge < -0.3 is 5.32 Å². The Bertz CT molecular complexity index is 420. The fourth-order valence-electron chi connectivity index (χ4n) is 2.87. The van der Waals surface area contributed by atoms with Crippen molar-refractivity contribution >= 4 is 0 Å². The largest absolute Gasteiger partial charge is 0.311 e. The summed E-state index contributed by atoms with van der Waals surface area (Å²) in [6, 6.07) is 9.73. The number of hydrogen-bond donors (Lipinski definition) is 1. The molecule has 112 valence electrons. The molecule has 20 heavy (non-hydrogen) atoms. The molecule has 1 atom stereocenters. The van der Waals surface area contributed by atoms with Crippen LogP contribution in [0, 0.1) is 5.92 Å². The summed E-state index contributed by atoms with van der Waals surface area (Å²) in [5.41, 5.74) is 3.09. The van der Waals surface area contributed by atoms with Gasteiger partial charge in [0.2, 0.25) is 0 Å². The Morgan fingerprint density at radius 1 is 1.20 bits per heavy atom. The Labute approximate surface area is 124 Å². The molecular formula is C18H30N2. The van der Waals surface area contributed by atoms with Gasteiger partial charge in [0.15, 0.2) is 0 Å². The average Bonchev–Trinajstić information content (AvgIpc) is 2.41. The number of rotatable bonds is 4. The Kier molecular flexibility index (Phi) is 4.87. The summed E-state index contributed by atoms with van der Waals surface area (Å²) in [5.74, 6) is 0.691. The normalized spacial score (nSPS) is 23.2. The minimum atomic E-state index is 0.231. The lowest BCUT2D eigenvalue weighted by Gasteiger charge is -2.47. The van der Waals surface area contributed by atoms with Crippen LogP contribution in [0.3, 0.4) is 0 Å². The van der Waals surface area contributed by atoms with Gasteiger partial charge in [0.25, 0.3) is 0 Å². The highest BCUT2D eigenvalue weighted by atomic mass is 15.3. The molecule has 0 aliphatic carbocycles. The molecule has 2 nitrogen and oxygen atoms in total. The van der Waals surface area contributed by atoms with E-state index in [1.165, 1.54) is 11.1 Å². The predicted octanol–water partition coefficient (Wildman–Crippen LogP) is 3.46. The zero-order valence-electron chi connectivity index (χ0n) is 13.7. The van der Waals surface area contributed by atoms with Crippen LogP contribution in [0.2, 0.25) is 0 Å². The van der Waals surface area contributed by atoms with Crippen LogP contribution in [0.5, 0.6) is 0 Å². The SMILES string of the molecule is CCc1ccc(CN2CC(C(C)C)NCC2(C)C)cc1. The molecule has 0 spiro atoms. The molecule has 1 N–H and O–H groups in total. The summed E-state index contributed by atoms with van der Waals surface area (Å²) in [6.07, 6.45) is 1.12. The van der Waals surface area contributed by atoms with E-state index in [2.05, 4.69) is 69.1 Å². The van der Waals surface area contributed by atoms with Crippen LogP contribution < -0.4 is 5.32 Å². The molecule has 1 saturated heterocycles. The average molecular weight is 274 g/mol. The van der Waals surface area contributed by atoms with Crippen molar-refractivity contribution in [1.29, 1.82) is 0 Å². The second-order valence-corrected chi connectivity index (χ2v) is 7.09. The lowest BCUT2D eigenvalue weighted by molar-refractivity contribution is 0.0475. The maximum atomic E-state index is 3.70. The summed E-state index contributed by atoms with van der Waals surface area (Å²) < 4.78 is 0. The van der Waals surface area contributed by atoms with E-state index in [1.807, 2.05) is 0 Å². The third-order valence-corrected chi connectivity index (χ3v) is 4.68. The molecule has 2 heteroatoms. The summed E-state index contributed by atoms with van der Waals surface area (Å²) in [6.45, 7) is 14.8. The molecule has 1 aliphatic rings. The first kappa shape index (κ1) is 15.5. The number of aryl methyl sites for hydroxylation is 1. The van der Waals surface area contributed by atoms with Gasteiger partial charge >= 0.3 is 0 Å². The molecule has 1 heterocycles. The van der Waals surface area contributed by atoms with Crippen molar-refractivity contribution in [3.63, 3.8) is 0 Å². The van der Waals surface area contributed by atoms with Crippen LogP contribution >= 0.6 is 0 Å². The monoisotopic (exact) mass is 274 g/mol. The topological polar surface area (TPSA) is 15.3 Å². The fraction of sp³-hybridized carbons (Fsp3) is 0.667. The number of piperazine rings is 1. The Morgan fingerprint density at radius 3 is 2.35 bits per heavy atom. The van der Waals surface area contributed by atoms with Crippen LogP contribution in [0.1, 0.15) is 45.7 Å². The van der Waals surface area contributed by atoms with Crippen LogP contribution in [-0.2, 0) is 13.0 Å². The molecule has 1 unspecified atom stereocenters. The molecule has 2 rings (SSSR count). The van der Waals surface area contributed by atoms with Gasteiger partial charge in [-0.3, -0.25) is 4.90 Å². The highest BCUT2D eigenvalue weighted by Gasteiger charge is 2.34. The lowest BCUT2D eigenvalue weighted by Crippen LogP contribution is -2.62. The van der Waals surface area contributed by atoms with Gasteiger partial charge in [-0.1, -0.05) is 45.0 Å². The van der Waals surface area contributed by atoms with Gasteiger partial charge in [-0.2, -0.15) is 0 Å². The molecule has 0 bridgehead atoms. The fourth-order valence-corrected chi connectivity index (χ4v) is 2.87. The zero-order chi connectivity index (χ0) is 14.8. The number of nitrogens with one attached hydrogen (secondary N) is 1. The summed E-state index contributed by atoms with van der Waals surface area (Å²) in [5, 5.41) is 3.70. The molecular weight excluding hydrogens is 244 g/mol. The van der Waals surface area contributed by atoms with E-state index in [1.54, 1.807) is 0 Å². The van der Waals surface area contributed by atoms with E-state index in [-0.39, 0.29) is 5.54 Å². The summed E-state index contributed by atoms with van der Waals surface area (Å²) >= 11 is 0. The van der Waals surface area contributed by atoms with Crippen LogP contribution in [0.15, 0.2) is 24.3 Å². The Balaban J connectivity index is 2.07. The second kappa shape index (κ2) is 6.28. The lowest BCUT2D eigenvalue weighted by atomic mass is 9.92. The van der Waals surface area contributed by atoms with Crippen molar-refractivity contribution in [1.82, 2.24) is 10.2 Å². The smallest absolute Gasteiger partial charge is 0.0281 e. The maximum Gasteiger partial charge on any atom is 0.0281 e. The maximum absolute atomic E-state index is 3.70. The zero-order valence-corrected chi connectivity index (χ0v) is 13.7. The number of hydrogen-bond acceptors (Lipinski definition) is 2. The van der Waals surface area contributed by atoms with E-state index in [0.29, 0.717) is 12.0 Å². The molecule has 0 saturated carbocycles. The third-order valence-electron chi connectivity index (χ3n) is 4.68. The van der Waals surface area contributed by atoms with E-state index >= 15 is 0 Å². The van der Waals surface area contributed by atoms with Crippen LogP contribution in [0.4, 0.5) is 0 Å². The quantitative estimate of drug-likeness (QED) is 0.904. The van der Waals surface area contributed by atoms with Crippen molar-refractivity contribution < 1.29 is 0 Å². The van der Waals surface area contributed by atoms with Crippen molar-refractivity contribution in [2.45, 2.75) is 59.2 Å². The van der Waals surface area contributed by atoms with Crippen molar-refractivity contribution in [2.75, 3.05) is 13.1 Å². The summed E-state index contributed by atoms with van der Waals surface area (Å²) in [7, 11) is 0. The molecule has 1 fully saturated rings. The number of nitrogens with zero attached hydrogens (tertiary/aromatic N) is 1. The first-order valence-electron chi connectivity index (χ1n) is 7.98. The van der Waals surface area contributed by atoms with Crippen molar-refractivity contribution in [2.24, 2.45) is 5.92 Å². The van der Waals surface area contributed by atoms with Gasteiger partial charge in [0, 0.05) is 31.2 Å². The first-order chi connectivity index (χ1) is 9.42. The summed E-state index contributed by atoms with van der Waals surface area (Å²) in [4.78, 5) is 2.63. The van der Waals surface area contributed by atoms with Gasteiger partial charge in [-0.15, -0.1) is 0 Å². The van der Waals surface area contributed by atoms with Crippen molar-refractivity contribution in [3.05, 3.63) is 35.4 Å². The second-order valence-electron chi connectivity index (χ2n) is 7.09. The highest BCUT2D eigenvalue weighted by molar-refractivity contribution is 5.22. The van der Waals surface area contributed by atoms with E-state index in [9.17, 15) is 0 Å². The first-order valence-corrected chi connectivity index (χ1v) is 7.98. The van der Waals surface area contributed by atoms with Crippen LogP contribution in [-0.4, -0.2) is 29.6 Å².